The summed E-state index contributed by atoms with van der Waals surface area (Å²) >= 11 is 5.02. The molecule has 0 bridgehead atoms. The van der Waals surface area contributed by atoms with Gasteiger partial charge in [-0.15, -0.1) is 11.3 Å². The van der Waals surface area contributed by atoms with Crippen LogP contribution in [0.15, 0.2) is 82.6 Å². The topological polar surface area (TPSA) is 43.4 Å². The lowest BCUT2D eigenvalue weighted by atomic mass is 10.2. The van der Waals surface area contributed by atoms with Gasteiger partial charge in [-0.25, -0.2) is 4.98 Å². The SMILES string of the molecule is COc1ccc(Nc2nc(-c3ccc(OCc4ccc(Br)cc4)cc3)cs2)cc1. The van der Waals surface area contributed by atoms with E-state index >= 15 is 0 Å². The molecule has 4 nitrogen and oxygen atoms in total. The van der Waals surface area contributed by atoms with Crippen LogP contribution in [0.5, 0.6) is 11.5 Å². The zero-order valence-corrected chi connectivity index (χ0v) is 18.2. The number of hydrogen-bond acceptors (Lipinski definition) is 5. The number of halogens is 1. The first-order valence-electron chi connectivity index (χ1n) is 9.04. The van der Waals surface area contributed by atoms with Gasteiger partial charge in [0.25, 0.3) is 0 Å². The van der Waals surface area contributed by atoms with E-state index in [1.807, 2.05) is 78.2 Å². The maximum absolute atomic E-state index is 5.87. The van der Waals surface area contributed by atoms with Gasteiger partial charge in [-0.3, -0.25) is 0 Å². The van der Waals surface area contributed by atoms with Crippen molar-refractivity contribution in [2.45, 2.75) is 6.61 Å². The first-order chi connectivity index (χ1) is 14.2. The Balaban J connectivity index is 1.38. The molecule has 6 heteroatoms. The van der Waals surface area contributed by atoms with Crippen LogP contribution in [0.25, 0.3) is 11.3 Å². The van der Waals surface area contributed by atoms with E-state index in [9.17, 15) is 0 Å². The van der Waals surface area contributed by atoms with Crippen molar-refractivity contribution in [3.8, 4) is 22.8 Å². The summed E-state index contributed by atoms with van der Waals surface area (Å²) in [6, 6.07) is 23.9. The third-order valence-electron chi connectivity index (χ3n) is 4.31. The fraction of sp³-hybridized carbons (Fsp3) is 0.0870. The van der Waals surface area contributed by atoms with Crippen LogP contribution in [0, 0.1) is 0 Å². The summed E-state index contributed by atoms with van der Waals surface area (Å²) in [4.78, 5) is 4.68. The second-order valence-corrected chi connectivity index (χ2v) is 8.10. The molecule has 0 saturated heterocycles. The van der Waals surface area contributed by atoms with Gasteiger partial charge in [0.2, 0.25) is 0 Å². The van der Waals surface area contributed by atoms with E-state index in [0.29, 0.717) is 6.61 Å². The quantitative estimate of drug-likeness (QED) is 0.321. The summed E-state index contributed by atoms with van der Waals surface area (Å²) in [5.41, 5.74) is 4.10. The predicted molar refractivity (Wildman–Crippen MR) is 122 cm³/mol. The van der Waals surface area contributed by atoms with Gasteiger partial charge in [0, 0.05) is 21.1 Å². The summed E-state index contributed by atoms with van der Waals surface area (Å²) in [6.07, 6.45) is 0. The van der Waals surface area contributed by atoms with Crippen molar-refractivity contribution in [2.24, 2.45) is 0 Å². The van der Waals surface area contributed by atoms with Crippen LogP contribution in [-0.4, -0.2) is 12.1 Å². The smallest absolute Gasteiger partial charge is 0.187 e. The van der Waals surface area contributed by atoms with E-state index in [1.54, 1.807) is 18.4 Å². The third-order valence-corrected chi connectivity index (χ3v) is 5.60. The molecule has 0 aliphatic rings. The van der Waals surface area contributed by atoms with Crippen LogP contribution in [0.4, 0.5) is 10.8 Å². The second kappa shape index (κ2) is 9.11. The van der Waals surface area contributed by atoms with E-state index in [4.69, 9.17) is 9.47 Å². The zero-order valence-electron chi connectivity index (χ0n) is 15.8. The lowest BCUT2D eigenvalue weighted by Gasteiger charge is -2.07. The summed E-state index contributed by atoms with van der Waals surface area (Å²) < 4.78 is 12.1. The number of nitrogens with one attached hydrogen (secondary N) is 1. The predicted octanol–water partition coefficient (Wildman–Crippen LogP) is 6.90. The van der Waals surface area contributed by atoms with Gasteiger partial charge in [-0.05, 0) is 66.2 Å². The summed E-state index contributed by atoms with van der Waals surface area (Å²) in [7, 11) is 1.66. The monoisotopic (exact) mass is 466 g/mol. The maximum Gasteiger partial charge on any atom is 0.187 e. The Labute approximate surface area is 182 Å². The van der Waals surface area contributed by atoms with E-state index in [-0.39, 0.29) is 0 Å². The Morgan fingerprint density at radius 3 is 2.28 bits per heavy atom. The van der Waals surface area contributed by atoms with Crippen LogP contribution >= 0.6 is 27.3 Å². The number of ether oxygens (including phenoxy) is 2. The first kappa shape index (κ1) is 19.5. The molecule has 0 spiro atoms. The lowest BCUT2D eigenvalue weighted by molar-refractivity contribution is 0.306. The summed E-state index contributed by atoms with van der Waals surface area (Å²) in [6.45, 7) is 0.541. The van der Waals surface area contributed by atoms with Crippen LogP contribution in [-0.2, 0) is 6.61 Å². The van der Waals surface area contributed by atoms with Gasteiger partial charge in [-0.1, -0.05) is 28.1 Å². The summed E-state index contributed by atoms with van der Waals surface area (Å²) in [5.74, 6) is 1.67. The average molecular weight is 467 g/mol. The molecule has 0 aliphatic heterocycles. The molecular weight excluding hydrogens is 448 g/mol. The Bertz CT molecular complexity index is 1060. The highest BCUT2D eigenvalue weighted by atomic mass is 79.9. The number of aromatic nitrogens is 1. The van der Waals surface area contributed by atoms with Crippen molar-refractivity contribution in [1.82, 2.24) is 4.98 Å². The standard InChI is InChI=1S/C23H19BrN2O2S/c1-27-20-12-8-19(9-13-20)25-23-26-22(15-29-23)17-4-10-21(11-5-17)28-14-16-2-6-18(24)7-3-16/h2-13,15H,14H2,1H3,(H,25,26). The molecule has 4 rings (SSSR count). The Hall–Kier alpha value is -2.83. The normalized spacial score (nSPS) is 10.6. The minimum absolute atomic E-state index is 0.541. The molecule has 4 aromatic rings. The fourth-order valence-electron chi connectivity index (χ4n) is 2.73. The maximum atomic E-state index is 5.87. The minimum atomic E-state index is 0.541. The molecule has 29 heavy (non-hydrogen) atoms. The van der Waals surface area contributed by atoms with Crippen molar-refractivity contribution in [1.29, 1.82) is 0 Å². The van der Waals surface area contributed by atoms with Crippen LogP contribution in [0.1, 0.15) is 5.56 Å². The highest BCUT2D eigenvalue weighted by molar-refractivity contribution is 9.10. The molecule has 0 aliphatic carbocycles. The molecule has 1 aromatic heterocycles. The number of thiazole rings is 1. The molecule has 0 atom stereocenters. The van der Waals surface area contributed by atoms with Crippen molar-refractivity contribution in [3.63, 3.8) is 0 Å². The highest BCUT2D eigenvalue weighted by Gasteiger charge is 2.06. The van der Waals surface area contributed by atoms with Gasteiger partial charge in [0.15, 0.2) is 5.13 Å². The summed E-state index contributed by atoms with van der Waals surface area (Å²) in [5, 5.41) is 6.22. The number of anilines is 2. The largest absolute Gasteiger partial charge is 0.497 e. The van der Waals surface area contributed by atoms with Crippen LogP contribution in [0.3, 0.4) is 0 Å². The van der Waals surface area contributed by atoms with Crippen molar-refractivity contribution in [2.75, 3.05) is 12.4 Å². The molecule has 0 fully saturated rings. The molecule has 1 heterocycles. The second-order valence-electron chi connectivity index (χ2n) is 6.33. The van der Waals surface area contributed by atoms with Gasteiger partial charge in [0.05, 0.1) is 12.8 Å². The fourth-order valence-corrected chi connectivity index (χ4v) is 3.73. The average Bonchev–Trinajstić information content (AvgIpc) is 3.23. The van der Waals surface area contributed by atoms with E-state index < -0.39 is 0 Å². The van der Waals surface area contributed by atoms with Crippen LogP contribution < -0.4 is 14.8 Å². The van der Waals surface area contributed by atoms with Gasteiger partial charge >= 0.3 is 0 Å². The zero-order chi connectivity index (χ0) is 20.1. The molecular formula is C23H19BrN2O2S. The molecule has 1 N–H and O–H groups in total. The minimum Gasteiger partial charge on any atom is -0.497 e. The number of methoxy groups -OCH3 is 1. The number of benzene rings is 3. The van der Waals surface area contributed by atoms with Gasteiger partial charge in [-0.2, -0.15) is 0 Å². The Morgan fingerprint density at radius 1 is 0.897 bits per heavy atom. The van der Waals surface area contributed by atoms with E-state index in [2.05, 4.69) is 26.2 Å². The third kappa shape index (κ3) is 5.16. The highest BCUT2D eigenvalue weighted by Crippen LogP contribution is 2.29. The molecule has 0 unspecified atom stereocenters. The van der Waals surface area contributed by atoms with Gasteiger partial charge in [0.1, 0.15) is 18.1 Å². The van der Waals surface area contributed by atoms with Crippen LogP contribution in [0.2, 0.25) is 0 Å². The van der Waals surface area contributed by atoms with E-state index in [1.165, 1.54) is 0 Å². The number of nitrogens with zero attached hydrogens (tertiary/aromatic N) is 1. The molecule has 3 aromatic carbocycles. The lowest BCUT2D eigenvalue weighted by Crippen LogP contribution is -1.95. The molecule has 146 valence electrons. The number of rotatable bonds is 7. The molecule has 0 radical (unpaired) electrons. The van der Waals surface area contributed by atoms with Crippen molar-refractivity contribution in [3.05, 3.63) is 88.2 Å². The van der Waals surface area contributed by atoms with Gasteiger partial charge < -0.3 is 14.8 Å². The van der Waals surface area contributed by atoms with Crippen molar-refractivity contribution >= 4 is 38.1 Å². The molecule has 0 saturated carbocycles. The Morgan fingerprint density at radius 2 is 1.59 bits per heavy atom. The number of hydrogen-bond donors (Lipinski definition) is 1. The van der Waals surface area contributed by atoms with E-state index in [0.717, 1.165) is 43.6 Å². The van der Waals surface area contributed by atoms with Crippen molar-refractivity contribution < 1.29 is 9.47 Å². The molecule has 0 amide bonds. The first-order valence-corrected chi connectivity index (χ1v) is 10.7. The Kier molecular flexibility index (Phi) is 6.12.